The number of rotatable bonds is 6. The first kappa shape index (κ1) is 15.2. The first-order chi connectivity index (χ1) is 5.72. The number of ether oxygens (including phenoxy) is 1. The lowest BCUT2D eigenvalue weighted by atomic mass is 10.2. The predicted molar refractivity (Wildman–Crippen MR) is 56.0 cm³/mol. The number of hydrogen-bond donors (Lipinski definition) is 1. The largest absolute Gasteiger partial charge is 0.465 e. The van der Waals surface area contributed by atoms with Crippen LogP contribution < -0.4 is 5.73 Å². The molecule has 0 amide bonds. The van der Waals surface area contributed by atoms with Crippen molar-refractivity contribution in [2.24, 2.45) is 5.73 Å². The van der Waals surface area contributed by atoms with Gasteiger partial charge >= 0.3 is 5.97 Å². The molecule has 0 spiro atoms. The molecule has 0 unspecified atom stereocenters. The van der Waals surface area contributed by atoms with Crippen molar-refractivity contribution >= 4 is 18.4 Å². The number of nitrogens with two attached hydrogens (primary N) is 1. The fourth-order valence-electron chi connectivity index (χ4n) is 0.853. The first-order valence-corrected chi connectivity index (χ1v) is 4.64. The van der Waals surface area contributed by atoms with E-state index < -0.39 is 6.04 Å². The second kappa shape index (κ2) is 9.81. The monoisotopic (exact) mass is 209 g/mol. The summed E-state index contributed by atoms with van der Waals surface area (Å²) in [6.45, 7) is 4.56. The molecule has 0 fully saturated rings. The molecule has 0 aromatic rings. The third kappa shape index (κ3) is 8.06. The van der Waals surface area contributed by atoms with Gasteiger partial charge in [0.05, 0.1) is 6.61 Å². The zero-order chi connectivity index (χ0) is 9.40. The maximum absolute atomic E-state index is 11.1. The Morgan fingerprint density at radius 3 is 2.46 bits per heavy atom. The summed E-state index contributed by atoms with van der Waals surface area (Å²) in [5, 5.41) is 0. The average Bonchev–Trinajstić information content (AvgIpc) is 2.05. The number of esters is 1. The van der Waals surface area contributed by atoms with E-state index in [9.17, 15) is 4.79 Å². The zero-order valence-electron chi connectivity index (χ0n) is 8.41. The van der Waals surface area contributed by atoms with Gasteiger partial charge in [0.2, 0.25) is 0 Å². The predicted octanol–water partition coefficient (Wildman–Crippen LogP) is 1.88. The Bertz CT molecular complexity index is 131. The smallest absolute Gasteiger partial charge is 0.322 e. The quantitative estimate of drug-likeness (QED) is 0.537. The van der Waals surface area contributed by atoms with E-state index in [-0.39, 0.29) is 18.4 Å². The minimum atomic E-state index is -0.424. The minimum Gasteiger partial charge on any atom is -0.465 e. The van der Waals surface area contributed by atoms with Gasteiger partial charge in [-0.3, -0.25) is 4.79 Å². The van der Waals surface area contributed by atoms with Crippen LogP contribution >= 0.6 is 12.4 Å². The molecule has 4 heteroatoms. The van der Waals surface area contributed by atoms with Crippen molar-refractivity contribution in [1.29, 1.82) is 0 Å². The van der Waals surface area contributed by atoms with E-state index in [0.717, 1.165) is 19.3 Å². The molecule has 0 aliphatic heterocycles. The van der Waals surface area contributed by atoms with Gasteiger partial charge in [0.1, 0.15) is 6.04 Å². The number of hydrogen-bond acceptors (Lipinski definition) is 3. The Hall–Kier alpha value is -0.280. The molecule has 0 aromatic carbocycles. The van der Waals surface area contributed by atoms with Gasteiger partial charge in [-0.15, -0.1) is 12.4 Å². The van der Waals surface area contributed by atoms with E-state index in [0.29, 0.717) is 13.0 Å². The summed E-state index contributed by atoms with van der Waals surface area (Å²) < 4.78 is 4.93. The van der Waals surface area contributed by atoms with Gasteiger partial charge in [-0.1, -0.05) is 26.7 Å². The van der Waals surface area contributed by atoms with Crippen molar-refractivity contribution in [3.63, 3.8) is 0 Å². The van der Waals surface area contributed by atoms with E-state index in [4.69, 9.17) is 10.5 Å². The van der Waals surface area contributed by atoms with E-state index in [1.807, 2.05) is 6.92 Å². The van der Waals surface area contributed by atoms with Crippen LogP contribution in [0.5, 0.6) is 0 Å². The molecule has 13 heavy (non-hydrogen) atoms. The summed E-state index contributed by atoms with van der Waals surface area (Å²) in [7, 11) is 0. The highest BCUT2D eigenvalue weighted by Crippen LogP contribution is 1.97. The summed E-state index contributed by atoms with van der Waals surface area (Å²) in [5.74, 6) is -0.259. The van der Waals surface area contributed by atoms with Gasteiger partial charge in [0.25, 0.3) is 0 Å². The number of carbonyl (C=O) groups excluding carboxylic acids is 1. The second-order valence-electron chi connectivity index (χ2n) is 2.92. The summed E-state index contributed by atoms with van der Waals surface area (Å²) in [6.07, 6.45) is 3.59. The van der Waals surface area contributed by atoms with E-state index in [1.54, 1.807) is 0 Å². The van der Waals surface area contributed by atoms with Crippen LogP contribution in [-0.4, -0.2) is 18.6 Å². The highest BCUT2D eigenvalue weighted by molar-refractivity contribution is 5.85. The number of carbonyl (C=O) groups is 1. The fourth-order valence-corrected chi connectivity index (χ4v) is 0.853. The van der Waals surface area contributed by atoms with Crippen molar-refractivity contribution < 1.29 is 9.53 Å². The molecule has 2 N–H and O–H groups in total. The van der Waals surface area contributed by atoms with E-state index >= 15 is 0 Å². The van der Waals surface area contributed by atoms with Crippen molar-refractivity contribution in [3.8, 4) is 0 Å². The SMILES string of the molecule is CCCCOC(=O)[C@@H](N)CCC.Cl. The summed E-state index contributed by atoms with van der Waals surface area (Å²) >= 11 is 0. The van der Waals surface area contributed by atoms with Gasteiger partial charge in [0.15, 0.2) is 0 Å². The lowest BCUT2D eigenvalue weighted by molar-refractivity contribution is -0.145. The molecular formula is C9H20ClNO2. The van der Waals surface area contributed by atoms with Gasteiger partial charge in [-0.05, 0) is 12.8 Å². The van der Waals surface area contributed by atoms with Crippen molar-refractivity contribution in [1.82, 2.24) is 0 Å². The molecule has 80 valence electrons. The van der Waals surface area contributed by atoms with Crippen LogP contribution in [-0.2, 0) is 9.53 Å². The normalized spacial score (nSPS) is 11.6. The van der Waals surface area contributed by atoms with Crippen LogP contribution in [0.1, 0.15) is 39.5 Å². The lowest BCUT2D eigenvalue weighted by Gasteiger charge is -2.09. The molecule has 0 rings (SSSR count). The molecule has 0 radical (unpaired) electrons. The molecule has 0 bridgehead atoms. The van der Waals surface area contributed by atoms with E-state index in [1.165, 1.54) is 0 Å². The highest BCUT2D eigenvalue weighted by Gasteiger charge is 2.12. The molecule has 0 aromatic heterocycles. The number of halogens is 1. The summed E-state index contributed by atoms with van der Waals surface area (Å²) in [6, 6.07) is -0.424. The molecule has 1 atom stereocenters. The van der Waals surface area contributed by atoms with Crippen LogP contribution in [0.4, 0.5) is 0 Å². The number of unbranched alkanes of at least 4 members (excludes halogenated alkanes) is 1. The molecule has 3 nitrogen and oxygen atoms in total. The first-order valence-electron chi connectivity index (χ1n) is 4.64. The standard InChI is InChI=1S/C9H19NO2.ClH/c1-3-5-7-12-9(11)8(10)6-4-2;/h8H,3-7,10H2,1-2H3;1H/t8-;/m0./s1. The Balaban J connectivity index is 0. The summed E-state index contributed by atoms with van der Waals surface area (Å²) in [4.78, 5) is 11.1. The van der Waals surface area contributed by atoms with Crippen molar-refractivity contribution in [3.05, 3.63) is 0 Å². The van der Waals surface area contributed by atoms with Gasteiger partial charge in [-0.25, -0.2) is 0 Å². The molecule has 0 heterocycles. The van der Waals surface area contributed by atoms with Gasteiger partial charge in [0, 0.05) is 0 Å². The topological polar surface area (TPSA) is 52.3 Å². The van der Waals surface area contributed by atoms with Crippen molar-refractivity contribution in [2.75, 3.05) is 6.61 Å². The molecular weight excluding hydrogens is 190 g/mol. The maximum atomic E-state index is 11.1. The Morgan fingerprint density at radius 1 is 1.38 bits per heavy atom. The molecule has 0 aliphatic carbocycles. The average molecular weight is 210 g/mol. The minimum absolute atomic E-state index is 0. The zero-order valence-corrected chi connectivity index (χ0v) is 9.23. The van der Waals surface area contributed by atoms with Crippen LogP contribution in [0.3, 0.4) is 0 Å². The van der Waals surface area contributed by atoms with Crippen LogP contribution in [0, 0.1) is 0 Å². The lowest BCUT2D eigenvalue weighted by Crippen LogP contribution is -2.32. The Morgan fingerprint density at radius 2 is 2.00 bits per heavy atom. The third-order valence-corrected chi connectivity index (χ3v) is 1.64. The fraction of sp³-hybridized carbons (Fsp3) is 0.889. The Labute approximate surface area is 86.4 Å². The third-order valence-electron chi connectivity index (χ3n) is 1.64. The second-order valence-corrected chi connectivity index (χ2v) is 2.92. The molecule has 0 saturated heterocycles. The molecule has 0 aliphatic rings. The maximum Gasteiger partial charge on any atom is 0.322 e. The van der Waals surface area contributed by atoms with Crippen LogP contribution in [0.2, 0.25) is 0 Å². The van der Waals surface area contributed by atoms with E-state index in [2.05, 4.69) is 6.92 Å². The highest BCUT2D eigenvalue weighted by atomic mass is 35.5. The van der Waals surface area contributed by atoms with Gasteiger partial charge < -0.3 is 10.5 Å². The Kier molecular flexibility index (Phi) is 11.5. The molecule has 0 saturated carbocycles. The van der Waals surface area contributed by atoms with Gasteiger partial charge in [-0.2, -0.15) is 0 Å². The summed E-state index contributed by atoms with van der Waals surface area (Å²) in [5.41, 5.74) is 5.54. The van der Waals surface area contributed by atoms with Crippen LogP contribution in [0.25, 0.3) is 0 Å². The van der Waals surface area contributed by atoms with Crippen molar-refractivity contribution in [2.45, 2.75) is 45.6 Å². The van der Waals surface area contributed by atoms with Crippen LogP contribution in [0.15, 0.2) is 0 Å².